The summed E-state index contributed by atoms with van der Waals surface area (Å²) in [4.78, 5) is 22.5. The van der Waals surface area contributed by atoms with Gasteiger partial charge in [-0.3, -0.25) is 14.9 Å². The molecule has 0 aliphatic carbocycles. The fourth-order valence-corrected chi connectivity index (χ4v) is 3.59. The van der Waals surface area contributed by atoms with Crippen molar-refractivity contribution in [2.75, 3.05) is 5.32 Å². The first-order valence-electron chi connectivity index (χ1n) is 6.22. The molecule has 0 spiro atoms. The van der Waals surface area contributed by atoms with Gasteiger partial charge in [-0.1, -0.05) is 31.9 Å². The molecule has 0 fully saturated rings. The van der Waals surface area contributed by atoms with E-state index in [-0.39, 0.29) is 11.6 Å². The van der Waals surface area contributed by atoms with Crippen LogP contribution in [0.1, 0.15) is 11.1 Å². The molecular formula is C15H8Br2N2O3. The summed E-state index contributed by atoms with van der Waals surface area (Å²) in [6, 6.07) is 9.93. The van der Waals surface area contributed by atoms with Gasteiger partial charge < -0.3 is 5.32 Å². The van der Waals surface area contributed by atoms with Gasteiger partial charge in [-0.05, 0) is 35.9 Å². The number of carbonyl (C=O) groups is 1. The fourth-order valence-electron chi connectivity index (χ4n) is 2.26. The van der Waals surface area contributed by atoms with E-state index in [2.05, 4.69) is 37.2 Å². The maximum Gasteiger partial charge on any atom is 0.270 e. The van der Waals surface area contributed by atoms with Crippen LogP contribution >= 0.6 is 31.9 Å². The number of hydrogen-bond donors (Lipinski definition) is 1. The predicted molar refractivity (Wildman–Crippen MR) is 91.4 cm³/mol. The summed E-state index contributed by atoms with van der Waals surface area (Å²) in [5, 5.41) is 13.6. The third-order valence-electron chi connectivity index (χ3n) is 3.19. The van der Waals surface area contributed by atoms with Gasteiger partial charge in [-0.2, -0.15) is 0 Å². The minimum atomic E-state index is -0.476. The first-order valence-corrected chi connectivity index (χ1v) is 7.80. The third-order valence-corrected chi connectivity index (χ3v) is 4.11. The molecule has 2 aromatic carbocycles. The Labute approximate surface area is 142 Å². The van der Waals surface area contributed by atoms with Crippen molar-refractivity contribution in [1.29, 1.82) is 0 Å². The zero-order valence-electron chi connectivity index (χ0n) is 11.0. The summed E-state index contributed by atoms with van der Waals surface area (Å²) in [5.74, 6) is -0.272. The van der Waals surface area contributed by atoms with E-state index in [1.807, 2.05) is 18.2 Å². The van der Waals surface area contributed by atoms with Crippen molar-refractivity contribution < 1.29 is 9.72 Å². The molecule has 110 valence electrons. The van der Waals surface area contributed by atoms with Gasteiger partial charge in [-0.15, -0.1) is 0 Å². The summed E-state index contributed by atoms with van der Waals surface area (Å²) in [6.45, 7) is 0. The lowest BCUT2D eigenvalue weighted by molar-refractivity contribution is -0.384. The molecule has 0 saturated heterocycles. The number of nitro benzene ring substituents is 1. The highest BCUT2D eigenvalue weighted by Crippen LogP contribution is 2.36. The van der Waals surface area contributed by atoms with Gasteiger partial charge in [-0.25, -0.2) is 0 Å². The number of anilines is 1. The average Bonchev–Trinajstić information content (AvgIpc) is 2.73. The Bertz CT molecular complexity index is 826. The molecule has 0 aromatic heterocycles. The van der Waals surface area contributed by atoms with Crippen LogP contribution in [0, 0.1) is 10.1 Å². The number of hydrogen-bond acceptors (Lipinski definition) is 3. The van der Waals surface area contributed by atoms with E-state index in [1.165, 1.54) is 12.1 Å². The van der Waals surface area contributed by atoms with Gasteiger partial charge >= 0.3 is 0 Å². The second-order valence-corrected chi connectivity index (χ2v) is 6.53. The Morgan fingerprint density at radius 3 is 2.41 bits per heavy atom. The first kappa shape index (κ1) is 14.9. The van der Waals surface area contributed by atoms with Crippen molar-refractivity contribution in [3.63, 3.8) is 0 Å². The van der Waals surface area contributed by atoms with E-state index in [9.17, 15) is 14.9 Å². The number of non-ortho nitro benzene ring substituents is 1. The predicted octanol–water partition coefficient (Wildman–Crippen LogP) is 4.61. The second-order valence-electron chi connectivity index (χ2n) is 4.70. The summed E-state index contributed by atoms with van der Waals surface area (Å²) in [7, 11) is 0. The normalized spacial score (nSPS) is 14.8. The Morgan fingerprint density at radius 1 is 1.09 bits per heavy atom. The smallest absolute Gasteiger partial charge is 0.270 e. The highest BCUT2D eigenvalue weighted by atomic mass is 79.9. The number of nitrogens with zero attached hydrogens (tertiary/aromatic N) is 1. The largest absolute Gasteiger partial charge is 0.321 e. The standard InChI is InChI=1S/C15H8Br2N2O3/c16-9-3-8(4-10(17)6-9)5-13-12-7-11(19(21)22)1-2-14(12)18-15(13)20/h1-7H,(H,18,20)/b13-5-. The van der Waals surface area contributed by atoms with E-state index in [0.717, 1.165) is 14.5 Å². The summed E-state index contributed by atoms with van der Waals surface area (Å²) >= 11 is 6.78. The summed E-state index contributed by atoms with van der Waals surface area (Å²) in [6.07, 6.45) is 1.71. The third kappa shape index (κ3) is 2.82. The van der Waals surface area contributed by atoms with Crippen LogP contribution in [-0.2, 0) is 4.79 Å². The average molecular weight is 424 g/mol. The zero-order chi connectivity index (χ0) is 15.9. The molecule has 22 heavy (non-hydrogen) atoms. The van der Waals surface area contributed by atoms with Gasteiger partial charge in [0, 0.05) is 37.9 Å². The number of rotatable bonds is 2. The van der Waals surface area contributed by atoms with Gasteiger partial charge in [0.25, 0.3) is 11.6 Å². The maximum atomic E-state index is 12.1. The Balaban J connectivity index is 2.12. The minimum absolute atomic E-state index is 0.0448. The van der Waals surface area contributed by atoms with Crippen molar-refractivity contribution in [3.8, 4) is 0 Å². The maximum absolute atomic E-state index is 12.1. The molecule has 1 heterocycles. The lowest BCUT2D eigenvalue weighted by Gasteiger charge is -2.01. The van der Waals surface area contributed by atoms with Crippen molar-refractivity contribution in [2.45, 2.75) is 0 Å². The van der Waals surface area contributed by atoms with Gasteiger partial charge in [0.1, 0.15) is 0 Å². The van der Waals surface area contributed by atoms with E-state index in [1.54, 1.807) is 12.1 Å². The minimum Gasteiger partial charge on any atom is -0.321 e. The van der Waals surface area contributed by atoms with Crippen molar-refractivity contribution >= 4 is 60.8 Å². The molecule has 0 saturated carbocycles. The van der Waals surface area contributed by atoms with E-state index in [4.69, 9.17) is 0 Å². The topological polar surface area (TPSA) is 72.2 Å². The van der Waals surface area contributed by atoms with Crippen molar-refractivity contribution in [1.82, 2.24) is 0 Å². The van der Waals surface area contributed by atoms with Crippen LogP contribution < -0.4 is 5.32 Å². The number of benzene rings is 2. The molecule has 1 aliphatic rings. The number of halogens is 2. The molecule has 1 aliphatic heterocycles. The fraction of sp³-hybridized carbons (Fsp3) is 0. The van der Waals surface area contributed by atoms with Crippen LogP contribution in [-0.4, -0.2) is 10.8 Å². The molecule has 0 atom stereocenters. The van der Waals surface area contributed by atoms with E-state index < -0.39 is 4.92 Å². The molecule has 7 heteroatoms. The van der Waals surface area contributed by atoms with E-state index in [0.29, 0.717) is 16.8 Å². The van der Waals surface area contributed by atoms with Crippen LogP contribution in [0.3, 0.4) is 0 Å². The first-order chi connectivity index (χ1) is 10.4. The molecule has 1 amide bonds. The SMILES string of the molecule is O=C1Nc2ccc([N+](=O)[O-])cc2/C1=C/c1cc(Br)cc(Br)c1. The van der Waals surface area contributed by atoms with Crippen LogP contribution in [0.5, 0.6) is 0 Å². The van der Waals surface area contributed by atoms with Crippen LogP contribution in [0.2, 0.25) is 0 Å². The lowest BCUT2D eigenvalue weighted by atomic mass is 10.0. The van der Waals surface area contributed by atoms with Gasteiger partial charge in [0.05, 0.1) is 4.92 Å². The molecule has 0 unspecified atom stereocenters. The molecule has 1 N–H and O–H groups in total. The summed E-state index contributed by atoms with van der Waals surface area (Å²) in [5.41, 5.74) is 2.29. The van der Waals surface area contributed by atoms with Crippen LogP contribution in [0.4, 0.5) is 11.4 Å². The Morgan fingerprint density at radius 2 is 1.77 bits per heavy atom. The lowest BCUT2D eigenvalue weighted by Crippen LogP contribution is -2.03. The zero-order valence-corrected chi connectivity index (χ0v) is 14.1. The van der Waals surface area contributed by atoms with Crippen LogP contribution in [0.25, 0.3) is 11.6 Å². The highest BCUT2D eigenvalue weighted by Gasteiger charge is 2.26. The second kappa shape index (κ2) is 5.66. The Hall–Kier alpha value is -1.99. The number of nitrogens with one attached hydrogen (secondary N) is 1. The molecule has 2 aromatic rings. The molecule has 0 bridgehead atoms. The number of carbonyl (C=O) groups excluding carboxylic acids is 1. The Kier molecular flexibility index (Phi) is 3.84. The monoisotopic (exact) mass is 422 g/mol. The molecule has 5 nitrogen and oxygen atoms in total. The molecule has 3 rings (SSSR count). The molecular weight excluding hydrogens is 416 g/mol. The number of fused-ring (bicyclic) bond motifs is 1. The summed E-state index contributed by atoms with van der Waals surface area (Å²) < 4.78 is 1.73. The number of amides is 1. The quantitative estimate of drug-likeness (QED) is 0.435. The van der Waals surface area contributed by atoms with Gasteiger partial charge in [0.15, 0.2) is 0 Å². The molecule has 0 radical (unpaired) electrons. The highest BCUT2D eigenvalue weighted by molar-refractivity contribution is 9.11. The number of nitro groups is 1. The van der Waals surface area contributed by atoms with E-state index >= 15 is 0 Å². The van der Waals surface area contributed by atoms with Crippen molar-refractivity contribution in [3.05, 3.63) is 66.6 Å². The van der Waals surface area contributed by atoms with Gasteiger partial charge in [0.2, 0.25) is 0 Å². The van der Waals surface area contributed by atoms with Crippen molar-refractivity contribution in [2.24, 2.45) is 0 Å². The van der Waals surface area contributed by atoms with Crippen LogP contribution in [0.15, 0.2) is 45.3 Å².